The van der Waals surface area contributed by atoms with Gasteiger partial charge in [0.15, 0.2) is 5.17 Å². The second-order valence-electron chi connectivity index (χ2n) is 1.86. The van der Waals surface area contributed by atoms with E-state index in [0.717, 1.165) is 18.0 Å². The highest BCUT2D eigenvalue weighted by atomic mass is 32.2. The van der Waals surface area contributed by atoms with Crippen LogP contribution in [0.15, 0.2) is 4.40 Å². The Morgan fingerprint density at radius 3 is 2.46 bits per heavy atom. The Labute approximate surface area is 82.9 Å². The highest BCUT2D eigenvalue weighted by Crippen LogP contribution is 1.99. The zero-order chi connectivity index (χ0) is 10.5. The summed E-state index contributed by atoms with van der Waals surface area (Å²) in [5.41, 5.74) is 0. The van der Waals surface area contributed by atoms with Crippen molar-refractivity contribution in [2.75, 3.05) is 12.5 Å². The molecule has 0 saturated carbocycles. The van der Waals surface area contributed by atoms with E-state index in [1.807, 2.05) is 0 Å². The van der Waals surface area contributed by atoms with Crippen molar-refractivity contribution >= 4 is 42.5 Å². The molecule has 1 unspecified atom stereocenters. The first kappa shape index (κ1) is 12.7. The number of sulfonamides is 1. The largest absolute Gasteiger partial charge is 0.435 e. The highest BCUT2D eigenvalue weighted by Gasteiger charge is 2.07. The number of carbonyl (C=O) groups is 1. The molecule has 0 spiro atoms. The maximum Gasteiger partial charge on any atom is 0.415 e. The molecule has 0 rings (SSSR count). The summed E-state index contributed by atoms with van der Waals surface area (Å²) in [6, 6.07) is 0. The van der Waals surface area contributed by atoms with E-state index in [0.29, 0.717) is 0 Å². The van der Waals surface area contributed by atoms with Crippen LogP contribution in [0, 0.1) is 0 Å². The molecule has 0 aromatic carbocycles. The molecule has 0 aromatic rings. The third-order valence-electron chi connectivity index (χ3n) is 0.758. The second kappa shape index (κ2) is 5.41. The Balaban J connectivity index is 4.54. The Bertz CT molecular complexity index is 312. The van der Waals surface area contributed by atoms with Crippen LogP contribution in [0.3, 0.4) is 0 Å². The number of amides is 1. The maximum absolute atomic E-state index is 10.7. The molecule has 76 valence electrons. The molecular formula is C4H9N2O4PS2. The van der Waals surface area contributed by atoms with E-state index in [2.05, 4.69) is 14.2 Å². The van der Waals surface area contributed by atoms with Gasteiger partial charge in [0, 0.05) is 0 Å². The van der Waals surface area contributed by atoms with Gasteiger partial charge in [-0.2, -0.15) is 0 Å². The zero-order valence-corrected chi connectivity index (χ0v) is 9.76. The van der Waals surface area contributed by atoms with Gasteiger partial charge in [-0.05, 0) is 6.26 Å². The molecule has 0 heterocycles. The van der Waals surface area contributed by atoms with Crippen LogP contribution in [0.2, 0.25) is 0 Å². The fourth-order valence-corrected chi connectivity index (χ4v) is 1.67. The molecule has 0 aromatic heterocycles. The quantitative estimate of drug-likeness (QED) is 0.404. The fraction of sp³-hybridized carbons (Fsp3) is 0.500. The van der Waals surface area contributed by atoms with Crippen LogP contribution < -0.4 is 5.32 Å². The van der Waals surface area contributed by atoms with E-state index in [-0.39, 0.29) is 5.17 Å². The molecule has 0 aliphatic carbocycles. The molecule has 13 heavy (non-hydrogen) atoms. The van der Waals surface area contributed by atoms with E-state index in [4.69, 9.17) is 0 Å². The SMILES string of the molecule is CSC(=NS(C)(=O)=O)NC(=O)OP. The minimum absolute atomic E-state index is 0.0325. The Morgan fingerprint density at radius 2 is 2.15 bits per heavy atom. The Kier molecular flexibility index (Phi) is 5.27. The van der Waals surface area contributed by atoms with Crippen molar-refractivity contribution < 1.29 is 17.7 Å². The summed E-state index contributed by atoms with van der Waals surface area (Å²) in [6.45, 7) is 0. The van der Waals surface area contributed by atoms with Gasteiger partial charge < -0.3 is 4.52 Å². The van der Waals surface area contributed by atoms with Crippen LogP contribution in [0.5, 0.6) is 0 Å². The zero-order valence-electron chi connectivity index (χ0n) is 6.97. The summed E-state index contributed by atoms with van der Waals surface area (Å²) in [4.78, 5) is 10.6. The predicted octanol–water partition coefficient (Wildman–Crippen LogP) is 0.181. The molecular weight excluding hydrogens is 235 g/mol. The predicted molar refractivity (Wildman–Crippen MR) is 55.1 cm³/mol. The van der Waals surface area contributed by atoms with Gasteiger partial charge in [-0.15, -0.1) is 4.40 Å². The fourth-order valence-electron chi connectivity index (χ4n) is 0.379. The van der Waals surface area contributed by atoms with Crippen molar-refractivity contribution in [2.45, 2.75) is 0 Å². The maximum atomic E-state index is 10.7. The third kappa shape index (κ3) is 6.80. The van der Waals surface area contributed by atoms with Gasteiger partial charge in [0.05, 0.1) is 15.7 Å². The summed E-state index contributed by atoms with van der Waals surface area (Å²) in [6.07, 6.45) is 1.71. The van der Waals surface area contributed by atoms with E-state index in [9.17, 15) is 13.2 Å². The number of amidine groups is 1. The van der Waals surface area contributed by atoms with Crippen LogP contribution in [-0.2, 0) is 14.5 Å². The van der Waals surface area contributed by atoms with E-state index in [1.165, 1.54) is 0 Å². The average molecular weight is 244 g/mol. The van der Waals surface area contributed by atoms with Crippen molar-refractivity contribution in [3.8, 4) is 0 Å². The molecule has 0 saturated heterocycles. The van der Waals surface area contributed by atoms with E-state index in [1.54, 1.807) is 15.7 Å². The van der Waals surface area contributed by atoms with E-state index >= 15 is 0 Å². The number of hydrogen-bond acceptors (Lipinski definition) is 5. The molecule has 1 amide bonds. The Morgan fingerprint density at radius 1 is 1.62 bits per heavy atom. The van der Waals surface area contributed by atoms with Gasteiger partial charge in [0.2, 0.25) is 0 Å². The molecule has 0 radical (unpaired) electrons. The van der Waals surface area contributed by atoms with Gasteiger partial charge in [-0.3, -0.25) is 5.32 Å². The number of nitrogens with zero attached hydrogens (tertiary/aromatic N) is 1. The van der Waals surface area contributed by atoms with Crippen LogP contribution in [0.1, 0.15) is 0 Å². The molecule has 1 N–H and O–H groups in total. The van der Waals surface area contributed by atoms with Gasteiger partial charge in [-0.1, -0.05) is 11.8 Å². The van der Waals surface area contributed by atoms with Crippen molar-refractivity contribution in [3.63, 3.8) is 0 Å². The molecule has 6 nitrogen and oxygen atoms in total. The average Bonchev–Trinajstić information content (AvgIpc) is 2.00. The second-order valence-corrected chi connectivity index (χ2v) is 4.54. The highest BCUT2D eigenvalue weighted by molar-refractivity contribution is 8.13. The van der Waals surface area contributed by atoms with Gasteiger partial charge in [0.25, 0.3) is 10.0 Å². The number of carbonyl (C=O) groups excluding carboxylic acids is 1. The molecule has 0 aliphatic heterocycles. The minimum Gasteiger partial charge on any atom is -0.435 e. The van der Waals surface area contributed by atoms with Crippen LogP contribution in [0.4, 0.5) is 4.79 Å². The molecule has 0 bridgehead atoms. The number of nitrogens with one attached hydrogen (secondary N) is 1. The summed E-state index contributed by atoms with van der Waals surface area (Å²) >= 11 is 0.990. The van der Waals surface area contributed by atoms with Crippen LogP contribution >= 0.6 is 21.2 Å². The molecule has 0 fully saturated rings. The normalized spacial score (nSPS) is 12.4. The lowest BCUT2D eigenvalue weighted by Crippen LogP contribution is -2.27. The lowest BCUT2D eigenvalue weighted by Gasteiger charge is -2.02. The standard InChI is InChI=1S/C4H9N2O4PS2/c1-12-3(5-4(7)10-11)6-13(2,8)9/h11H2,1-2H3,(H,5,6,7). The number of thioether (sulfide) groups is 1. The summed E-state index contributed by atoms with van der Waals surface area (Å²) in [5, 5.41) is 2.09. The van der Waals surface area contributed by atoms with Crippen molar-refractivity contribution in [1.29, 1.82) is 0 Å². The van der Waals surface area contributed by atoms with Crippen LogP contribution in [-0.4, -0.2) is 32.2 Å². The first-order valence-electron chi connectivity index (χ1n) is 2.90. The van der Waals surface area contributed by atoms with Gasteiger partial charge in [-0.25, -0.2) is 13.2 Å². The molecule has 1 atom stereocenters. The summed E-state index contributed by atoms with van der Waals surface area (Å²) in [5.74, 6) is 0. The third-order valence-corrected chi connectivity index (χ3v) is 2.18. The van der Waals surface area contributed by atoms with Gasteiger partial charge >= 0.3 is 6.09 Å². The van der Waals surface area contributed by atoms with Gasteiger partial charge in [0.1, 0.15) is 0 Å². The van der Waals surface area contributed by atoms with E-state index < -0.39 is 16.1 Å². The first-order valence-corrected chi connectivity index (χ1v) is 6.45. The van der Waals surface area contributed by atoms with Crippen molar-refractivity contribution in [1.82, 2.24) is 5.32 Å². The smallest absolute Gasteiger partial charge is 0.415 e. The summed E-state index contributed by atoms with van der Waals surface area (Å²) in [7, 11) is -1.77. The lowest BCUT2D eigenvalue weighted by atomic mass is 11.1. The summed E-state index contributed by atoms with van der Waals surface area (Å²) < 4.78 is 28.8. The van der Waals surface area contributed by atoms with Crippen LogP contribution in [0.25, 0.3) is 0 Å². The minimum atomic E-state index is -3.50. The molecule has 9 heteroatoms. The Hall–Kier alpha value is -0.330. The molecule has 0 aliphatic rings. The van der Waals surface area contributed by atoms with Crippen molar-refractivity contribution in [2.24, 2.45) is 4.40 Å². The number of rotatable bonds is 1. The topological polar surface area (TPSA) is 84.8 Å². The first-order chi connectivity index (χ1) is 5.89. The monoisotopic (exact) mass is 244 g/mol. The number of hydrogen-bond donors (Lipinski definition) is 1. The lowest BCUT2D eigenvalue weighted by molar-refractivity contribution is 0.213. The van der Waals surface area contributed by atoms with Crippen molar-refractivity contribution in [3.05, 3.63) is 0 Å².